The number of thioether (sulfide) groups is 1. The van der Waals surface area contributed by atoms with E-state index >= 15 is 0 Å². The van der Waals surface area contributed by atoms with Crippen LogP contribution < -0.4 is 34.9 Å². The van der Waals surface area contributed by atoms with Crippen LogP contribution in [0, 0.1) is 0 Å². The predicted molar refractivity (Wildman–Crippen MR) is 221 cm³/mol. The van der Waals surface area contributed by atoms with Gasteiger partial charge in [0.1, 0.15) is 16.7 Å². The molecule has 0 radical (unpaired) electrons. The van der Waals surface area contributed by atoms with Gasteiger partial charge in [-0.1, -0.05) is 54.6 Å². The van der Waals surface area contributed by atoms with Gasteiger partial charge < -0.3 is 34.9 Å². The molecule has 0 spiro atoms. The van der Waals surface area contributed by atoms with Crippen molar-refractivity contribution in [3.05, 3.63) is 149 Å². The molecule has 0 aliphatic heterocycles. The van der Waals surface area contributed by atoms with Crippen molar-refractivity contribution < 1.29 is 33.3 Å². The molecule has 13 heteroatoms. The highest BCUT2D eigenvalue weighted by atomic mass is 32.2. The summed E-state index contributed by atoms with van der Waals surface area (Å²) in [7, 11) is 6.09. The number of benzene rings is 5. The third-order valence-corrected chi connectivity index (χ3v) is 10.3. The van der Waals surface area contributed by atoms with Crippen LogP contribution in [0.15, 0.2) is 137 Å². The average Bonchev–Trinajstić information content (AvgIpc) is 3.71. The van der Waals surface area contributed by atoms with E-state index in [1.54, 1.807) is 67.8 Å². The zero-order valence-electron chi connectivity index (χ0n) is 30.9. The van der Waals surface area contributed by atoms with E-state index in [9.17, 15) is 14.4 Å². The quantitative estimate of drug-likeness (QED) is 0.0690. The number of nitrogens with zero attached hydrogens (tertiary/aromatic N) is 1. The highest BCUT2D eigenvalue weighted by Gasteiger charge is 2.24. The van der Waals surface area contributed by atoms with Gasteiger partial charge in [-0.25, -0.2) is 4.98 Å². The number of rotatable bonds is 15. The molecule has 0 saturated heterocycles. The van der Waals surface area contributed by atoms with Gasteiger partial charge in [0.05, 0.1) is 34.1 Å². The Morgan fingerprint density at radius 1 is 0.732 bits per heavy atom. The molecule has 1 unspecified atom stereocenters. The zero-order chi connectivity index (χ0) is 39.4. The molecule has 1 aromatic heterocycles. The van der Waals surface area contributed by atoms with Crippen LogP contribution in [0.25, 0.3) is 17.3 Å². The summed E-state index contributed by atoms with van der Waals surface area (Å²) in [6, 6.07) is 36.0. The summed E-state index contributed by atoms with van der Waals surface area (Å²) in [5, 5.41) is 10.4. The van der Waals surface area contributed by atoms with Crippen LogP contribution in [0.5, 0.6) is 23.0 Å². The molecule has 5 aromatic carbocycles. The topological polar surface area (TPSA) is 137 Å². The summed E-state index contributed by atoms with van der Waals surface area (Å²) >= 11 is 2.66. The maximum atomic E-state index is 14.0. The largest absolute Gasteiger partial charge is 0.497 e. The maximum Gasteiger partial charge on any atom is 0.272 e. The molecular weight excluding hydrogens is 749 g/mol. The first-order valence-electron chi connectivity index (χ1n) is 17.2. The molecule has 56 heavy (non-hydrogen) atoms. The molecule has 3 N–H and O–H groups in total. The third kappa shape index (κ3) is 9.75. The second-order valence-corrected chi connectivity index (χ2v) is 14.0. The van der Waals surface area contributed by atoms with Gasteiger partial charge in [0.25, 0.3) is 11.8 Å². The molecular formula is C43H38N4O7S2. The Morgan fingerprint density at radius 3 is 2.05 bits per heavy atom. The molecule has 0 saturated carbocycles. The number of carbonyl (C=O) groups excluding carboxylic acids is 3. The highest BCUT2D eigenvalue weighted by Crippen LogP contribution is 2.40. The number of hydrogen-bond acceptors (Lipinski definition) is 10. The minimum atomic E-state index is -0.656. The molecule has 0 aliphatic carbocycles. The second-order valence-electron chi connectivity index (χ2n) is 12.0. The molecule has 11 nitrogen and oxygen atoms in total. The minimum Gasteiger partial charge on any atom is -0.497 e. The Balaban J connectivity index is 1.24. The number of hydrogen-bond donors (Lipinski definition) is 3. The van der Waals surface area contributed by atoms with Gasteiger partial charge in [0.15, 0.2) is 16.6 Å². The lowest BCUT2D eigenvalue weighted by molar-refractivity contribution is -0.116. The van der Waals surface area contributed by atoms with Gasteiger partial charge in [-0.05, 0) is 83.9 Å². The number of amides is 3. The van der Waals surface area contributed by atoms with Crippen molar-refractivity contribution in [1.29, 1.82) is 0 Å². The van der Waals surface area contributed by atoms with E-state index in [0.717, 1.165) is 22.6 Å². The lowest BCUT2D eigenvalue weighted by Gasteiger charge is -2.17. The summed E-state index contributed by atoms with van der Waals surface area (Å²) in [6.45, 7) is 0. The van der Waals surface area contributed by atoms with Crippen molar-refractivity contribution in [3.63, 3.8) is 0 Å². The van der Waals surface area contributed by atoms with E-state index in [1.165, 1.54) is 50.5 Å². The van der Waals surface area contributed by atoms with E-state index in [4.69, 9.17) is 18.9 Å². The van der Waals surface area contributed by atoms with E-state index in [-0.39, 0.29) is 11.6 Å². The monoisotopic (exact) mass is 786 g/mol. The van der Waals surface area contributed by atoms with Crippen molar-refractivity contribution >= 4 is 57.7 Å². The van der Waals surface area contributed by atoms with E-state index in [1.807, 2.05) is 66.0 Å². The van der Waals surface area contributed by atoms with Crippen LogP contribution in [-0.4, -0.2) is 51.1 Å². The number of methoxy groups -OCH3 is 4. The first-order chi connectivity index (χ1) is 27.3. The number of aromatic nitrogens is 1. The zero-order valence-corrected chi connectivity index (χ0v) is 32.5. The Kier molecular flexibility index (Phi) is 13.0. The molecule has 0 fully saturated rings. The summed E-state index contributed by atoms with van der Waals surface area (Å²) in [4.78, 5) is 46.5. The Bertz CT molecular complexity index is 2310. The van der Waals surface area contributed by atoms with E-state index in [0.29, 0.717) is 44.1 Å². The fourth-order valence-corrected chi connectivity index (χ4v) is 7.38. The molecule has 0 bridgehead atoms. The predicted octanol–water partition coefficient (Wildman–Crippen LogP) is 8.73. The van der Waals surface area contributed by atoms with Gasteiger partial charge in [-0.15, -0.1) is 23.1 Å². The minimum absolute atomic E-state index is 0.0369. The smallest absolute Gasteiger partial charge is 0.272 e. The van der Waals surface area contributed by atoms with Crippen LogP contribution in [0.2, 0.25) is 0 Å². The molecule has 6 rings (SSSR count). The number of thiazole rings is 1. The van der Waals surface area contributed by atoms with Crippen LogP contribution in [0.3, 0.4) is 0 Å². The van der Waals surface area contributed by atoms with Gasteiger partial charge in [-0.3, -0.25) is 14.4 Å². The SMILES string of the molecule is COc1ccc(-c2csc(NC(=O)C(Sc3cccc(NC(=O)/C(=C\c4cc(OC)c(OC)c(OC)c4)NC(=O)c4ccccc4)c3)c3ccccc3)n2)cc1. The molecule has 284 valence electrons. The average molecular weight is 787 g/mol. The lowest BCUT2D eigenvalue weighted by Crippen LogP contribution is -2.30. The highest BCUT2D eigenvalue weighted by molar-refractivity contribution is 8.00. The molecule has 1 atom stereocenters. The summed E-state index contributed by atoms with van der Waals surface area (Å²) < 4.78 is 21.7. The third-order valence-electron chi connectivity index (χ3n) is 8.33. The Hall–Kier alpha value is -6.57. The van der Waals surface area contributed by atoms with Crippen molar-refractivity contribution in [2.75, 3.05) is 39.1 Å². The number of nitrogens with one attached hydrogen (secondary N) is 3. The van der Waals surface area contributed by atoms with Crippen LogP contribution in [0.1, 0.15) is 26.7 Å². The molecule has 3 amide bonds. The first kappa shape index (κ1) is 39.1. The summed E-state index contributed by atoms with van der Waals surface area (Å²) in [5.41, 5.74) is 3.71. The van der Waals surface area contributed by atoms with E-state index < -0.39 is 17.1 Å². The van der Waals surface area contributed by atoms with Crippen molar-refractivity contribution in [2.24, 2.45) is 0 Å². The molecule has 0 aliphatic rings. The number of ether oxygens (including phenoxy) is 4. The summed E-state index contributed by atoms with van der Waals surface area (Å²) in [5.74, 6) is 0.559. The van der Waals surface area contributed by atoms with Crippen LogP contribution in [0.4, 0.5) is 10.8 Å². The molecule has 1 heterocycles. The maximum absolute atomic E-state index is 14.0. The van der Waals surface area contributed by atoms with Gasteiger partial charge in [0, 0.05) is 27.1 Å². The summed E-state index contributed by atoms with van der Waals surface area (Å²) in [6.07, 6.45) is 1.52. The first-order valence-corrected chi connectivity index (χ1v) is 19.0. The normalized spacial score (nSPS) is 11.5. The van der Waals surface area contributed by atoms with Crippen LogP contribution in [-0.2, 0) is 9.59 Å². The fraction of sp³-hybridized carbons (Fsp3) is 0.116. The number of carbonyl (C=O) groups is 3. The second kappa shape index (κ2) is 18.7. The van der Waals surface area contributed by atoms with Crippen molar-refractivity contribution in [2.45, 2.75) is 10.1 Å². The Labute approximate surface area is 332 Å². The molecule has 6 aromatic rings. The van der Waals surface area contributed by atoms with E-state index in [2.05, 4.69) is 20.9 Å². The van der Waals surface area contributed by atoms with Gasteiger partial charge in [0.2, 0.25) is 11.7 Å². The van der Waals surface area contributed by atoms with Gasteiger partial charge >= 0.3 is 0 Å². The standard InChI is InChI=1S/C43H38N4O7S2/c1-51-32-20-18-28(19-21-32)35-26-55-43(46-35)47-42(50)39(29-12-7-5-8-13-29)56-33-17-11-16-31(25-33)44-41(49)34(45-40(48)30-14-9-6-10-15-30)22-27-23-36(52-2)38(54-4)37(24-27)53-3/h5-26,39H,1-4H3,(H,44,49)(H,45,48)(H,46,47,50)/b34-22+. The van der Waals surface area contributed by atoms with Crippen molar-refractivity contribution in [3.8, 4) is 34.3 Å². The van der Waals surface area contributed by atoms with Gasteiger partial charge in [-0.2, -0.15) is 0 Å². The van der Waals surface area contributed by atoms with Crippen LogP contribution >= 0.6 is 23.1 Å². The number of anilines is 2. The fourth-order valence-electron chi connectivity index (χ4n) is 5.57. The Morgan fingerprint density at radius 2 is 1.41 bits per heavy atom. The lowest BCUT2D eigenvalue weighted by atomic mass is 10.1. The van der Waals surface area contributed by atoms with Crippen molar-refractivity contribution in [1.82, 2.24) is 10.3 Å².